The number of aromatic amines is 1. The van der Waals surface area contributed by atoms with Gasteiger partial charge in [-0.1, -0.05) is 144 Å². The number of urea groups is 1. The smallest absolute Gasteiger partial charge is 0.337 e. The normalized spacial score (nSPS) is 13.9. The molecule has 6 amide bonds. The fourth-order valence-electron chi connectivity index (χ4n) is 13.0. The number of aryl methyl sites for hydroxylation is 5. The lowest BCUT2D eigenvalue weighted by atomic mass is 10.0. The number of nitriles is 1. The van der Waals surface area contributed by atoms with Crippen molar-refractivity contribution in [2.45, 2.75) is 177 Å². The highest BCUT2D eigenvalue weighted by Gasteiger charge is 2.53. The number of amides is 6. The lowest BCUT2D eigenvalue weighted by Gasteiger charge is -2.28. The molecule has 2 aliphatic rings. The van der Waals surface area contributed by atoms with E-state index in [0.717, 1.165) is 41.0 Å². The predicted octanol–water partition coefficient (Wildman–Crippen LogP) is 14.9. The highest BCUT2D eigenvalue weighted by Crippen LogP contribution is 2.37. The number of nitrogens with zero attached hydrogens (tertiary/aromatic N) is 7. The van der Waals surface area contributed by atoms with Gasteiger partial charge in [0.1, 0.15) is 23.3 Å². The first-order valence-corrected chi connectivity index (χ1v) is 42.5. The summed E-state index contributed by atoms with van der Waals surface area (Å²) in [5, 5.41) is 46.1. The number of aromatic hydroxyl groups is 1. The maximum absolute atomic E-state index is 14.0. The Balaban J connectivity index is 0.000000201. The van der Waals surface area contributed by atoms with Gasteiger partial charge in [-0.25, -0.2) is 40.6 Å². The number of unbranched alkanes of at least 4 members (excludes halogenated alkanes) is 9. The van der Waals surface area contributed by atoms with Crippen LogP contribution in [0.5, 0.6) is 23.0 Å². The number of methoxy groups -OCH3 is 2. The van der Waals surface area contributed by atoms with E-state index in [0.29, 0.717) is 103 Å². The second kappa shape index (κ2) is 41.5. The zero-order valence-electron chi connectivity index (χ0n) is 66.7. The van der Waals surface area contributed by atoms with Crippen LogP contribution in [0.15, 0.2) is 160 Å². The summed E-state index contributed by atoms with van der Waals surface area (Å²) in [6.07, 6.45) is 11.2. The number of esters is 1. The van der Waals surface area contributed by atoms with Crippen molar-refractivity contribution in [1.29, 1.82) is 5.26 Å². The Morgan fingerprint density at radius 2 is 1.40 bits per heavy atom. The molecule has 7 N–H and O–H groups in total. The third-order valence-electron chi connectivity index (χ3n) is 19.5. The minimum atomic E-state index is -4.15. The Morgan fingerprint density at radius 1 is 0.744 bits per heavy atom. The maximum Gasteiger partial charge on any atom is 0.337 e. The van der Waals surface area contributed by atoms with Crippen LogP contribution in [-0.2, 0) is 66.3 Å². The van der Waals surface area contributed by atoms with Gasteiger partial charge in [0, 0.05) is 48.8 Å². The van der Waals surface area contributed by atoms with Crippen molar-refractivity contribution in [3.63, 3.8) is 0 Å². The molecule has 117 heavy (non-hydrogen) atoms. The summed E-state index contributed by atoms with van der Waals surface area (Å²) in [5.41, 5.74) is 6.62. The number of H-pyrrole nitrogens is 1. The molecule has 2 aliphatic heterocycles. The molecule has 0 radical (unpaired) electrons. The molecule has 33 heteroatoms. The largest absolute Gasteiger partial charge is 0.508 e. The van der Waals surface area contributed by atoms with Gasteiger partial charge in [-0.15, -0.1) is 22.0 Å². The number of ether oxygens (including phenoxy) is 4. The number of benzene rings is 7. The van der Waals surface area contributed by atoms with Gasteiger partial charge in [0.15, 0.2) is 23.7 Å². The quantitative estimate of drug-likeness (QED) is 0.00638. The summed E-state index contributed by atoms with van der Waals surface area (Å²) in [6.45, 7) is 13.1. The molecule has 620 valence electrons. The molecular weight excluding hydrogens is 1580 g/mol. The van der Waals surface area contributed by atoms with Crippen LogP contribution in [0.4, 0.5) is 27.5 Å². The zero-order valence-corrected chi connectivity index (χ0v) is 69.9. The number of halogens is 1. The van der Waals surface area contributed by atoms with E-state index in [2.05, 4.69) is 48.4 Å². The number of likely N-dealkylation sites (N-methyl/N-ethyl adjacent to an activating group) is 1. The van der Waals surface area contributed by atoms with E-state index < -0.39 is 80.2 Å². The molecule has 0 aliphatic carbocycles. The molecule has 2 aromatic heterocycles. The number of hydrogen-bond acceptors (Lipinski definition) is 20. The van der Waals surface area contributed by atoms with Gasteiger partial charge in [0.25, 0.3) is 33.7 Å². The second-order valence-corrected chi connectivity index (χ2v) is 32.9. The summed E-state index contributed by atoms with van der Waals surface area (Å²) in [6, 6.07) is 38.0. The Hall–Kier alpha value is -11.3. The zero-order chi connectivity index (χ0) is 84.8. The maximum atomic E-state index is 14.0. The summed E-state index contributed by atoms with van der Waals surface area (Å²) < 4.78 is 81.3. The number of sulfonamides is 2. The van der Waals surface area contributed by atoms with Crippen LogP contribution in [0.25, 0.3) is 5.65 Å². The van der Waals surface area contributed by atoms with Crippen LogP contribution in [0.2, 0.25) is 5.02 Å². The number of aromatic nitrogens is 4. The molecule has 0 saturated carbocycles. The molecule has 4 unspecified atom stereocenters. The number of carboxylic acids is 1. The number of rotatable bonds is 35. The fourth-order valence-corrected chi connectivity index (χ4v) is 16.9. The number of aliphatic carboxylic acids is 1. The topological polar surface area (TPSA) is 393 Å². The van der Waals surface area contributed by atoms with Crippen LogP contribution >= 0.6 is 23.4 Å². The van der Waals surface area contributed by atoms with E-state index >= 15 is 0 Å². The van der Waals surface area contributed by atoms with E-state index in [-0.39, 0.29) is 50.8 Å². The standard InChI is InChI=1S/C31H42N2O5S.C29H28ClN5O7S.C24H27N5O5S/c1-3-4-5-6-7-8-9-10-11-12-17-28(38-27-16-14-13-15-24(27)22-32)31(37)33-25-21-26(34)23(2)20-29(25)39-19-18-30(35)36;1-17-12-13-19(43(40,41)32-21-10-6-5-9-20(21)30)16-22(17)31-25(36)24(35-27(38)28(42-3)33(2)29(35)39)26(37)34-15-14-18-8-4-7-11-23(18)34;1-6-19-21(34-18-11-9-17(10-12-18)24(30)33-5)23-26-25-22(29(23)27-19)16(4)28-35(31,32)20-13-14(2)7-8-15(20)3/h13-16,20-21,28,34H,3-12,17-19H2,1-2H3,(H,33,37)(H,35,36);4-13,16,24,28,32H,14-15H2,1-3H3,(H,31,36);7-13,16,27-28H,6H2,1-5H3. The lowest BCUT2D eigenvalue weighted by Crippen LogP contribution is -2.57. The van der Waals surface area contributed by atoms with Crippen molar-refractivity contribution in [1.82, 2.24) is 34.3 Å². The average molecular weight is 1680 g/mol. The third-order valence-corrected chi connectivity index (χ3v) is 23.9. The molecule has 4 atom stereocenters. The molecule has 0 bridgehead atoms. The van der Waals surface area contributed by atoms with Gasteiger partial charge in [0.05, 0.1) is 62.6 Å². The van der Waals surface area contributed by atoms with Crippen molar-refractivity contribution < 1.29 is 79.6 Å². The number of carbonyl (C=O) groups is 7. The SMILES string of the molecule is CCCCCCCCCCCCC(Oc1ccccc1C#N)C(=O)Nc1cc(O)c(C)cc1SCCC(=O)O.CCc1[nH]n2c(C(C)NS(=O)(=O)c3cc(C)ccc3C)nnc2c1Oc1ccc(C(=O)OC)cc1.COC1C(=O)N(C(C(=O)Nc2cc(S(=O)(=O)Nc3ccccc3Cl)ccc2C)C(=O)N2CCc3ccccc32)C(=O)N1C. The Labute approximate surface area is 689 Å². The van der Waals surface area contributed by atoms with Gasteiger partial charge >= 0.3 is 18.0 Å². The Kier molecular flexibility index (Phi) is 31.8. The number of thioether (sulfide) groups is 1. The first kappa shape index (κ1) is 89.6. The fraction of sp³-hybridized carbons (Fsp3) is 0.357. The number of anilines is 4. The van der Waals surface area contributed by atoms with Crippen molar-refractivity contribution >= 4 is 113 Å². The first-order valence-electron chi connectivity index (χ1n) is 38.2. The van der Waals surface area contributed by atoms with Crippen molar-refractivity contribution in [3.05, 3.63) is 201 Å². The van der Waals surface area contributed by atoms with Crippen LogP contribution in [-0.4, -0.2) is 150 Å². The minimum Gasteiger partial charge on any atom is -0.508 e. The van der Waals surface area contributed by atoms with Gasteiger partial charge in [-0.05, 0) is 167 Å². The summed E-state index contributed by atoms with van der Waals surface area (Å²) in [5.74, 6) is -2.30. The van der Waals surface area contributed by atoms with E-state index in [1.54, 1.807) is 123 Å². The summed E-state index contributed by atoms with van der Waals surface area (Å²) >= 11 is 7.42. The van der Waals surface area contributed by atoms with Gasteiger partial charge in [-0.2, -0.15) is 5.26 Å². The molecule has 1 fully saturated rings. The molecule has 9 aromatic rings. The number of phenols is 1. The Bertz CT molecular complexity index is 5370. The molecule has 0 spiro atoms. The third kappa shape index (κ3) is 22.9. The van der Waals surface area contributed by atoms with Crippen molar-refractivity contribution in [2.24, 2.45) is 0 Å². The van der Waals surface area contributed by atoms with Crippen LogP contribution in [0.1, 0.15) is 159 Å². The lowest BCUT2D eigenvalue weighted by molar-refractivity contribution is -0.146. The van der Waals surface area contributed by atoms with Crippen LogP contribution in [0, 0.1) is 39.0 Å². The molecule has 11 rings (SSSR count). The highest BCUT2D eigenvalue weighted by atomic mass is 35.5. The molecule has 4 heterocycles. The number of carboxylic acid groups (broad SMARTS) is 1. The van der Waals surface area contributed by atoms with E-state index in [4.69, 9.17) is 35.7 Å². The number of fused-ring (bicyclic) bond motifs is 2. The highest BCUT2D eigenvalue weighted by molar-refractivity contribution is 7.99. The summed E-state index contributed by atoms with van der Waals surface area (Å²) in [4.78, 5) is 94.1. The van der Waals surface area contributed by atoms with Crippen molar-refractivity contribution in [2.75, 3.05) is 53.8 Å². The molecule has 7 aromatic carbocycles. The van der Waals surface area contributed by atoms with Gasteiger partial charge in [-0.3, -0.25) is 38.7 Å². The predicted molar refractivity (Wildman–Crippen MR) is 445 cm³/mol. The van der Waals surface area contributed by atoms with Gasteiger partial charge < -0.3 is 44.7 Å². The number of nitrogens with one attached hydrogen (secondary N) is 5. The Morgan fingerprint density at radius 3 is 2.07 bits per heavy atom. The van der Waals surface area contributed by atoms with E-state index in [9.17, 15) is 60.8 Å². The monoisotopic (exact) mass is 1680 g/mol. The summed E-state index contributed by atoms with van der Waals surface area (Å²) in [7, 11) is -4.06. The van der Waals surface area contributed by atoms with Crippen LogP contribution < -0.4 is 34.5 Å². The number of hydrogen-bond donors (Lipinski definition) is 7. The number of para-hydroxylation sites is 3. The van der Waals surface area contributed by atoms with E-state index in [1.807, 2.05) is 32.0 Å². The first-order chi connectivity index (χ1) is 55.9. The van der Waals surface area contributed by atoms with E-state index in [1.165, 1.54) is 119 Å². The minimum absolute atomic E-state index is 0.0204. The second-order valence-electron chi connectivity index (χ2n) is 28.0. The molecule has 1 saturated heterocycles. The van der Waals surface area contributed by atoms with Crippen LogP contribution in [0.3, 0.4) is 0 Å². The van der Waals surface area contributed by atoms with Crippen molar-refractivity contribution in [3.8, 4) is 29.1 Å². The average Bonchev–Trinajstić information content (AvgIpc) is 1.62. The molecule has 29 nitrogen and oxygen atoms in total. The number of phenolic OH excluding ortho intramolecular Hbond substituents is 1. The van der Waals surface area contributed by atoms with Gasteiger partial charge in [0.2, 0.25) is 21.9 Å². The molecular formula is C84H97ClN12O17S3. The number of imide groups is 1. The number of carbonyl (C=O) groups excluding carboxylic acids is 6.